The van der Waals surface area contributed by atoms with Crippen molar-refractivity contribution in [3.8, 4) is 0 Å². The number of hydrazone groups is 1. The molecule has 1 aromatic heterocycles. The number of rotatable bonds is 5. The second-order valence-electron chi connectivity index (χ2n) is 6.24. The maximum Gasteiger partial charge on any atom is 2.00 e. The van der Waals surface area contributed by atoms with E-state index in [1.165, 1.54) is 4.68 Å². The predicted molar refractivity (Wildman–Crippen MR) is 118 cm³/mol. The third-order valence-electron chi connectivity index (χ3n) is 4.10. The molecule has 4 rings (SSSR count). The molecule has 2 aliphatic rings. The van der Waals surface area contributed by atoms with Gasteiger partial charge in [-0.05, 0) is 63.4 Å². The van der Waals surface area contributed by atoms with Crippen LogP contribution >= 0.6 is 11.6 Å². The molecule has 152 valence electrons. The Morgan fingerprint density at radius 2 is 1.63 bits per heavy atom. The van der Waals surface area contributed by atoms with Crippen LogP contribution in [0.1, 0.15) is 5.56 Å². The molecule has 0 amide bonds. The number of hydrogen-bond acceptors (Lipinski definition) is 4. The monoisotopic (exact) mass is 460 g/mol. The molecular weight excluding hydrogens is 440 g/mol. The summed E-state index contributed by atoms with van der Waals surface area (Å²) in [5.74, 6) is 0.973. The molecule has 0 unspecified atom stereocenters. The Hall–Kier alpha value is -1.62. The first-order valence-electron chi connectivity index (χ1n) is 9.11. The van der Waals surface area contributed by atoms with Gasteiger partial charge in [-0.25, -0.2) is 4.68 Å². The summed E-state index contributed by atoms with van der Waals surface area (Å²) in [7, 11) is 1.56. The topological polar surface area (TPSA) is 50.5 Å². The molecular formula is C23H21ClFeN4O+2. The number of nitrogens with zero attached hydrogens (tertiary/aromatic N) is 4. The molecule has 30 heavy (non-hydrogen) atoms. The van der Waals surface area contributed by atoms with Crippen molar-refractivity contribution in [1.29, 1.82) is 0 Å². The first-order valence-corrected chi connectivity index (χ1v) is 9.48. The van der Waals surface area contributed by atoms with E-state index >= 15 is 0 Å². The van der Waals surface area contributed by atoms with Crippen LogP contribution in [-0.2, 0) is 30.7 Å². The fraction of sp³-hybridized carbons (Fsp3) is 0.0870. The second-order valence-corrected chi connectivity index (χ2v) is 6.62. The summed E-state index contributed by atoms with van der Waals surface area (Å²) < 4.78 is 1.20. The minimum Gasteiger partial charge on any atom is -0.266 e. The number of anilines is 1. The van der Waals surface area contributed by atoms with E-state index < -0.39 is 0 Å². The zero-order chi connectivity index (χ0) is 20.5. The molecule has 2 saturated carbocycles. The quantitative estimate of drug-likeness (QED) is 0.387. The van der Waals surface area contributed by atoms with Crippen molar-refractivity contribution in [2.75, 3.05) is 5.01 Å². The van der Waals surface area contributed by atoms with Crippen LogP contribution in [0.15, 0.2) is 46.4 Å². The van der Waals surface area contributed by atoms with Crippen LogP contribution in [0.25, 0.3) is 0 Å². The molecule has 7 heteroatoms. The Labute approximate surface area is 195 Å². The zero-order valence-corrected chi connectivity index (χ0v) is 18.2. The Bertz CT molecular complexity index is 838. The van der Waals surface area contributed by atoms with Crippen molar-refractivity contribution in [3.05, 3.63) is 121 Å². The number of aromatic nitrogens is 2. The number of hydrogen-bond donors (Lipinski definition) is 0. The Morgan fingerprint density at radius 3 is 2.23 bits per heavy atom. The van der Waals surface area contributed by atoms with Crippen LogP contribution in [0.4, 0.5) is 5.69 Å². The Kier molecular flexibility index (Phi) is 10.6. The van der Waals surface area contributed by atoms with E-state index in [0.717, 1.165) is 11.5 Å². The van der Waals surface area contributed by atoms with Crippen molar-refractivity contribution in [2.24, 2.45) is 12.1 Å². The Morgan fingerprint density at radius 1 is 1.03 bits per heavy atom. The molecule has 0 N–H and O–H groups in total. The van der Waals surface area contributed by atoms with Gasteiger partial charge in [0.25, 0.3) is 5.56 Å². The number of aryl methyl sites for hydroxylation is 1. The van der Waals surface area contributed by atoms with Crippen molar-refractivity contribution < 1.29 is 17.1 Å². The summed E-state index contributed by atoms with van der Waals surface area (Å²) in [6, 6.07) is 9.85. The van der Waals surface area contributed by atoms with Gasteiger partial charge >= 0.3 is 17.1 Å². The summed E-state index contributed by atoms with van der Waals surface area (Å²) in [6.45, 7) is 0.479. The molecule has 0 atom stereocenters. The standard InChI is InChI=1S/C18H16ClN4O.C5H5.Fe/c1-22-18(24)17(19)16(12-20-22)23(13-15-9-3-2-4-10-15)21-11-14-7-5-6-8-14;1-2-4-5-3-1;/h2-12H,13H2,1H3;1-5H;/q;;+2/b21-11+;;. The van der Waals surface area contributed by atoms with E-state index in [0.29, 0.717) is 12.2 Å². The molecule has 1 heterocycles. The van der Waals surface area contributed by atoms with Gasteiger partial charge < -0.3 is 0 Å². The third-order valence-corrected chi connectivity index (χ3v) is 4.46. The molecule has 0 saturated heterocycles. The van der Waals surface area contributed by atoms with Gasteiger partial charge in [0.05, 0.1) is 12.7 Å². The summed E-state index contributed by atoms with van der Waals surface area (Å²) in [5, 5.41) is 10.3. The van der Waals surface area contributed by atoms with Crippen molar-refractivity contribution in [3.63, 3.8) is 0 Å². The van der Waals surface area contributed by atoms with Crippen LogP contribution < -0.4 is 10.6 Å². The molecule has 2 fully saturated rings. The van der Waals surface area contributed by atoms with E-state index in [2.05, 4.69) is 10.2 Å². The van der Waals surface area contributed by atoms with Gasteiger partial charge in [0.2, 0.25) is 0 Å². The summed E-state index contributed by atoms with van der Waals surface area (Å²) >= 11 is 6.23. The van der Waals surface area contributed by atoms with Crippen LogP contribution in [0.3, 0.4) is 0 Å². The molecule has 0 bridgehead atoms. The van der Waals surface area contributed by atoms with E-state index in [4.69, 9.17) is 11.6 Å². The number of benzene rings is 1. The first kappa shape index (κ1) is 24.6. The maximum atomic E-state index is 12.1. The fourth-order valence-corrected chi connectivity index (χ4v) is 2.83. The van der Waals surface area contributed by atoms with E-state index in [1.54, 1.807) is 24.5 Å². The van der Waals surface area contributed by atoms with Crippen LogP contribution in [0, 0.1) is 63.7 Å². The zero-order valence-electron chi connectivity index (χ0n) is 16.4. The smallest absolute Gasteiger partial charge is 0.266 e. The van der Waals surface area contributed by atoms with Gasteiger partial charge in [0.15, 0.2) is 0 Å². The van der Waals surface area contributed by atoms with Gasteiger partial charge in [-0.15, -0.1) is 0 Å². The maximum absolute atomic E-state index is 12.1. The van der Waals surface area contributed by atoms with Gasteiger partial charge in [0, 0.05) is 19.2 Å². The molecule has 2 aromatic rings. The van der Waals surface area contributed by atoms with E-state index in [1.807, 2.05) is 88.1 Å². The predicted octanol–water partition coefficient (Wildman–Crippen LogP) is 3.85. The van der Waals surface area contributed by atoms with Crippen molar-refractivity contribution >= 4 is 23.5 Å². The largest absolute Gasteiger partial charge is 2.00 e. The van der Waals surface area contributed by atoms with E-state index in [-0.39, 0.29) is 27.7 Å². The fourth-order valence-electron chi connectivity index (χ4n) is 2.56. The molecule has 1 aromatic carbocycles. The van der Waals surface area contributed by atoms with Crippen LogP contribution in [0.2, 0.25) is 5.02 Å². The van der Waals surface area contributed by atoms with Crippen molar-refractivity contribution in [1.82, 2.24) is 9.78 Å². The first-order chi connectivity index (χ1) is 14.1. The van der Waals surface area contributed by atoms with Gasteiger partial charge in [-0.3, -0.25) is 9.80 Å². The molecule has 0 spiro atoms. The number of halogens is 1. The molecule has 5 nitrogen and oxygen atoms in total. The van der Waals surface area contributed by atoms with Gasteiger partial charge in [-0.2, -0.15) is 10.2 Å². The average molecular weight is 461 g/mol. The molecule has 0 aliphatic heterocycles. The Balaban J connectivity index is 0.000000468. The van der Waals surface area contributed by atoms with Crippen LogP contribution in [-0.4, -0.2) is 16.0 Å². The summed E-state index contributed by atoms with van der Waals surface area (Å²) in [5.41, 5.74) is 1.18. The van der Waals surface area contributed by atoms with Gasteiger partial charge in [0.1, 0.15) is 10.7 Å². The summed E-state index contributed by atoms with van der Waals surface area (Å²) in [4.78, 5) is 12.1. The van der Waals surface area contributed by atoms with Crippen molar-refractivity contribution in [2.45, 2.75) is 6.54 Å². The second kappa shape index (κ2) is 12.9. The molecule has 2 aliphatic carbocycles. The van der Waals surface area contributed by atoms with E-state index in [9.17, 15) is 4.79 Å². The normalized spacial score (nSPS) is 16.2. The average Bonchev–Trinajstić information content (AvgIpc) is 3.47. The minimum atomic E-state index is -0.351. The SMILES string of the molecule is Cn1ncc(N(Cc2ccccc2)/N=C/[C]2[CH][CH][CH][CH]2)c(Cl)c1=O.[CH]1[CH][CH][CH][CH]1.[Fe+2]. The molecule has 10 radical (unpaired) electrons. The third kappa shape index (κ3) is 7.26. The minimum absolute atomic E-state index is 0. The summed E-state index contributed by atoms with van der Waals surface area (Å²) in [6.07, 6.45) is 21.1. The van der Waals surface area contributed by atoms with Gasteiger partial charge in [-0.1, -0.05) is 41.9 Å². The van der Waals surface area contributed by atoms with Crippen LogP contribution in [0.5, 0.6) is 0 Å².